The van der Waals surface area contributed by atoms with E-state index in [4.69, 9.17) is 9.15 Å². The van der Waals surface area contributed by atoms with Crippen molar-refractivity contribution < 1.29 is 13.9 Å². The number of benzene rings is 1. The van der Waals surface area contributed by atoms with Crippen LogP contribution in [0.5, 0.6) is 5.75 Å². The van der Waals surface area contributed by atoms with Crippen LogP contribution in [-0.2, 0) is 6.54 Å². The fourth-order valence-electron chi connectivity index (χ4n) is 3.61. The molecule has 2 N–H and O–H groups in total. The molecule has 0 spiro atoms. The molecule has 4 aromatic rings. The maximum Gasteiger partial charge on any atom is 0.329 e. The van der Waals surface area contributed by atoms with E-state index in [1.165, 1.54) is 16.8 Å². The number of pyridine rings is 1. The van der Waals surface area contributed by atoms with Crippen LogP contribution < -0.4 is 21.3 Å². The number of aromatic amines is 1. The Hall–Kier alpha value is -3.88. The predicted molar refractivity (Wildman–Crippen MR) is 120 cm³/mol. The van der Waals surface area contributed by atoms with Crippen molar-refractivity contribution in [3.63, 3.8) is 0 Å². The van der Waals surface area contributed by atoms with Crippen molar-refractivity contribution >= 4 is 27.9 Å². The number of amides is 1. The number of H-pyrrole nitrogens is 1. The van der Waals surface area contributed by atoms with Gasteiger partial charge in [-0.05, 0) is 38.5 Å². The first-order valence-electron chi connectivity index (χ1n) is 10.5. The van der Waals surface area contributed by atoms with Gasteiger partial charge in [-0.15, -0.1) is 0 Å². The number of carbonyl (C=O) groups is 1. The minimum atomic E-state index is -0.576. The summed E-state index contributed by atoms with van der Waals surface area (Å²) in [6.45, 7) is 6.55. The molecule has 32 heavy (non-hydrogen) atoms. The summed E-state index contributed by atoms with van der Waals surface area (Å²) in [5.74, 6) is 0.805. The molecule has 0 fully saturated rings. The number of carbonyl (C=O) groups excluding carboxylic acids is 1. The van der Waals surface area contributed by atoms with Crippen molar-refractivity contribution in [1.82, 2.24) is 19.9 Å². The van der Waals surface area contributed by atoms with Gasteiger partial charge in [-0.2, -0.15) is 0 Å². The van der Waals surface area contributed by atoms with Gasteiger partial charge in [0.2, 0.25) is 0 Å². The van der Waals surface area contributed by atoms with Gasteiger partial charge in [0.25, 0.3) is 11.5 Å². The van der Waals surface area contributed by atoms with Gasteiger partial charge in [-0.3, -0.25) is 19.1 Å². The third-order valence-electron chi connectivity index (χ3n) is 5.14. The maximum atomic E-state index is 12.8. The van der Waals surface area contributed by atoms with E-state index >= 15 is 0 Å². The Morgan fingerprint density at radius 1 is 1.28 bits per heavy atom. The first kappa shape index (κ1) is 21.4. The molecule has 1 atom stereocenters. The predicted octanol–water partition coefficient (Wildman–Crippen LogP) is 3.13. The van der Waals surface area contributed by atoms with Gasteiger partial charge in [-0.25, -0.2) is 9.78 Å². The Kier molecular flexibility index (Phi) is 5.81. The second-order valence-electron chi connectivity index (χ2n) is 7.46. The summed E-state index contributed by atoms with van der Waals surface area (Å²) in [5, 5.41) is 3.92. The van der Waals surface area contributed by atoms with Crippen LogP contribution in [0.15, 0.2) is 50.5 Å². The molecule has 3 heterocycles. The van der Waals surface area contributed by atoms with E-state index in [2.05, 4.69) is 15.3 Å². The summed E-state index contributed by atoms with van der Waals surface area (Å²) in [4.78, 5) is 43.7. The van der Waals surface area contributed by atoms with Crippen LogP contribution in [-0.4, -0.2) is 27.0 Å². The third-order valence-corrected chi connectivity index (χ3v) is 5.14. The van der Waals surface area contributed by atoms with Crippen LogP contribution in [0.25, 0.3) is 22.0 Å². The number of nitrogens with one attached hydrogen (secondary N) is 2. The highest BCUT2D eigenvalue weighted by atomic mass is 16.5. The number of aromatic nitrogens is 3. The molecule has 4 rings (SSSR count). The van der Waals surface area contributed by atoms with Gasteiger partial charge < -0.3 is 14.5 Å². The van der Waals surface area contributed by atoms with E-state index in [-0.39, 0.29) is 16.6 Å². The lowest BCUT2D eigenvalue weighted by molar-refractivity contribution is 0.0935. The fourth-order valence-corrected chi connectivity index (χ4v) is 3.61. The summed E-state index contributed by atoms with van der Waals surface area (Å²) in [6.07, 6.45) is 2.06. The summed E-state index contributed by atoms with van der Waals surface area (Å²) in [6, 6.07) is 8.49. The largest absolute Gasteiger partial charge is 0.490 e. The van der Waals surface area contributed by atoms with Crippen molar-refractivity contribution in [2.75, 3.05) is 6.61 Å². The van der Waals surface area contributed by atoms with Crippen LogP contribution in [0.4, 0.5) is 0 Å². The normalized spacial score (nSPS) is 12.2. The summed E-state index contributed by atoms with van der Waals surface area (Å²) < 4.78 is 12.9. The Balaban J connectivity index is 1.62. The number of rotatable bonds is 7. The zero-order chi connectivity index (χ0) is 22.8. The van der Waals surface area contributed by atoms with Crippen molar-refractivity contribution in [3.05, 3.63) is 68.7 Å². The summed E-state index contributed by atoms with van der Waals surface area (Å²) >= 11 is 0. The highest BCUT2D eigenvalue weighted by molar-refractivity contribution is 5.97. The molecule has 3 aromatic heterocycles. The number of furan rings is 1. The first-order chi connectivity index (χ1) is 15.4. The molecule has 0 aliphatic carbocycles. The Morgan fingerprint density at radius 2 is 2.09 bits per heavy atom. The van der Waals surface area contributed by atoms with Crippen LogP contribution in [0.3, 0.4) is 0 Å². The molecule has 0 saturated carbocycles. The second kappa shape index (κ2) is 8.70. The molecule has 1 aromatic carbocycles. The second-order valence-corrected chi connectivity index (χ2v) is 7.46. The van der Waals surface area contributed by atoms with Gasteiger partial charge in [0.1, 0.15) is 11.4 Å². The molecule has 0 saturated heterocycles. The number of hydrogen-bond acceptors (Lipinski definition) is 6. The molecule has 1 unspecified atom stereocenters. The molecule has 0 aliphatic heterocycles. The molecular formula is C23H24N4O5. The van der Waals surface area contributed by atoms with Crippen molar-refractivity contribution in [2.45, 2.75) is 39.8 Å². The summed E-state index contributed by atoms with van der Waals surface area (Å²) in [7, 11) is 0. The van der Waals surface area contributed by atoms with E-state index in [1.807, 2.05) is 38.1 Å². The van der Waals surface area contributed by atoms with Crippen molar-refractivity contribution in [3.8, 4) is 5.75 Å². The molecule has 166 valence electrons. The van der Waals surface area contributed by atoms with Gasteiger partial charge >= 0.3 is 5.69 Å². The number of hydrogen-bond donors (Lipinski definition) is 2. The molecular weight excluding hydrogens is 412 g/mol. The number of para-hydroxylation sites is 1. The van der Waals surface area contributed by atoms with E-state index in [1.54, 1.807) is 6.92 Å². The van der Waals surface area contributed by atoms with Gasteiger partial charge in [0.15, 0.2) is 11.3 Å². The van der Waals surface area contributed by atoms with Crippen LogP contribution in [0.1, 0.15) is 49.4 Å². The highest BCUT2D eigenvalue weighted by Gasteiger charge is 2.18. The first-order valence-corrected chi connectivity index (χ1v) is 10.5. The standard InChI is InChI=1S/C23H24N4O5/c1-4-9-27-20-16(22(29)26-23(27)30)10-15(12-24-20)21(28)25-13(3)18-11-14-7-6-8-17(31-5-2)19(14)32-18/h6-8,10-13H,4-5,9H2,1-3H3,(H,25,28)(H,26,29,30). The minimum Gasteiger partial charge on any atom is -0.490 e. The molecule has 9 nitrogen and oxygen atoms in total. The monoisotopic (exact) mass is 436 g/mol. The Bertz CT molecular complexity index is 1420. The van der Waals surface area contributed by atoms with E-state index in [0.29, 0.717) is 36.7 Å². The fraction of sp³-hybridized carbons (Fsp3) is 0.304. The molecule has 0 aliphatic rings. The molecule has 0 bridgehead atoms. The number of ether oxygens (including phenoxy) is 1. The van der Waals surface area contributed by atoms with Gasteiger partial charge in [0, 0.05) is 18.1 Å². The average Bonchev–Trinajstić information content (AvgIpc) is 3.22. The lowest BCUT2D eigenvalue weighted by Gasteiger charge is -2.12. The van der Waals surface area contributed by atoms with Gasteiger partial charge in [0.05, 0.1) is 23.6 Å². The zero-order valence-electron chi connectivity index (χ0n) is 18.1. The quantitative estimate of drug-likeness (QED) is 0.459. The molecule has 0 radical (unpaired) electrons. The summed E-state index contributed by atoms with van der Waals surface area (Å²) in [5.41, 5.74) is -0.000814. The Labute approximate surface area is 183 Å². The van der Waals surface area contributed by atoms with Crippen LogP contribution in [0, 0.1) is 0 Å². The van der Waals surface area contributed by atoms with Gasteiger partial charge in [-0.1, -0.05) is 19.1 Å². The lowest BCUT2D eigenvalue weighted by Crippen LogP contribution is -2.31. The number of aryl methyl sites for hydroxylation is 1. The topological polar surface area (TPSA) is 119 Å². The van der Waals surface area contributed by atoms with Crippen molar-refractivity contribution in [1.29, 1.82) is 0 Å². The van der Waals surface area contributed by atoms with E-state index in [9.17, 15) is 14.4 Å². The average molecular weight is 436 g/mol. The van der Waals surface area contributed by atoms with E-state index in [0.717, 1.165) is 5.39 Å². The van der Waals surface area contributed by atoms with E-state index < -0.39 is 23.2 Å². The van der Waals surface area contributed by atoms with Crippen LogP contribution >= 0.6 is 0 Å². The third kappa shape index (κ3) is 3.89. The lowest BCUT2D eigenvalue weighted by atomic mass is 10.1. The Morgan fingerprint density at radius 3 is 2.84 bits per heavy atom. The smallest absolute Gasteiger partial charge is 0.329 e. The highest BCUT2D eigenvalue weighted by Crippen LogP contribution is 2.31. The molecule has 1 amide bonds. The maximum absolute atomic E-state index is 12.8. The minimum absolute atomic E-state index is 0.184. The SMILES string of the molecule is CCCn1c(=O)[nH]c(=O)c2cc(C(=O)NC(C)c3cc4cccc(OCC)c4o3)cnc21. The molecule has 9 heteroatoms. The number of fused-ring (bicyclic) bond motifs is 2. The number of nitrogens with zero attached hydrogens (tertiary/aromatic N) is 2. The zero-order valence-corrected chi connectivity index (χ0v) is 18.1. The van der Waals surface area contributed by atoms with Crippen molar-refractivity contribution in [2.24, 2.45) is 0 Å². The van der Waals surface area contributed by atoms with Crippen LogP contribution in [0.2, 0.25) is 0 Å².